The predicted octanol–water partition coefficient (Wildman–Crippen LogP) is 1.10. The Morgan fingerprint density at radius 2 is 1.73 bits per heavy atom. The predicted molar refractivity (Wildman–Crippen MR) is 80.5 cm³/mol. The second-order valence-corrected chi connectivity index (χ2v) is 7.13. The number of methoxy groups -OCH3 is 2. The van der Waals surface area contributed by atoms with Gasteiger partial charge in [-0.25, -0.2) is 13.2 Å². The van der Waals surface area contributed by atoms with Crippen molar-refractivity contribution in [3.63, 3.8) is 0 Å². The van der Waals surface area contributed by atoms with Gasteiger partial charge >= 0.3 is 6.03 Å². The van der Waals surface area contributed by atoms with Crippen molar-refractivity contribution < 1.29 is 22.7 Å². The maximum Gasteiger partial charge on any atom is 0.335 e. The minimum Gasteiger partial charge on any atom is -0.357 e. The van der Waals surface area contributed by atoms with E-state index in [9.17, 15) is 13.2 Å². The molecule has 2 amide bonds. The highest BCUT2D eigenvalue weighted by Crippen LogP contribution is 2.23. The lowest BCUT2D eigenvalue weighted by molar-refractivity contribution is -0.0580. The number of hydrogen-bond donors (Lipinski definition) is 1. The molecule has 1 aromatic rings. The number of urea groups is 1. The topological polar surface area (TPSA) is 84.9 Å². The molecule has 1 N–H and O–H groups in total. The number of rotatable bonds is 5. The van der Waals surface area contributed by atoms with Crippen molar-refractivity contribution in [2.24, 2.45) is 0 Å². The molecule has 0 saturated carbocycles. The molecule has 1 aliphatic rings. The fourth-order valence-corrected chi connectivity index (χ4v) is 4.15. The van der Waals surface area contributed by atoms with Crippen LogP contribution in [-0.2, 0) is 25.2 Å². The Kier molecular flexibility index (Phi) is 4.74. The van der Waals surface area contributed by atoms with Crippen LogP contribution in [0.15, 0.2) is 18.2 Å². The molecule has 0 bridgehead atoms. The van der Waals surface area contributed by atoms with Crippen LogP contribution in [0.3, 0.4) is 0 Å². The highest BCUT2D eigenvalue weighted by molar-refractivity contribution is 7.88. The Morgan fingerprint density at radius 1 is 1.14 bits per heavy atom. The first-order valence-electron chi connectivity index (χ1n) is 6.74. The number of benzene rings is 1. The third-order valence-corrected chi connectivity index (χ3v) is 5.05. The first-order chi connectivity index (χ1) is 10.3. The number of carbonyl (C=O) groups is 1. The van der Waals surface area contributed by atoms with E-state index in [4.69, 9.17) is 9.47 Å². The first-order valence-corrected chi connectivity index (χ1v) is 8.35. The second kappa shape index (κ2) is 6.23. The number of aryl methyl sites for hydroxylation is 2. The molecular formula is C14H20N2O5S. The molecule has 122 valence electrons. The van der Waals surface area contributed by atoms with E-state index >= 15 is 0 Å². The molecule has 2 rings (SSSR count). The van der Waals surface area contributed by atoms with Gasteiger partial charge in [-0.05, 0) is 19.4 Å². The summed E-state index contributed by atoms with van der Waals surface area (Å²) in [6, 6.07) is 4.78. The average Bonchev–Trinajstić information content (AvgIpc) is 2.73. The molecule has 7 nitrogen and oxygen atoms in total. The molecule has 0 unspecified atom stereocenters. The van der Waals surface area contributed by atoms with Gasteiger partial charge in [0.05, 0.1) is 5.75 Å². The monoisotopic (exact) mass is 328 g/mol. The summed E-state index contributed by atoms with van der Waals surface area (Å²) >= 11 is 0. The van der Waals surface area contributed by atoms with Gasteiger partial charge in [-0.2, -0.15) is 4.31 Å². The quantitative estimate of drug-likeness (QED) is 0.875. The molecule has 1 heterocycles. The van der Waals surface area contributed by atoms with Crippen LogP contribution in [-0.4, -0.2) is 45.4 Å². The highest BCUT2D eigenvalue weighted by atomic mass is 32.2. The summed E-state index contributed by atoms with van der Waals surface area (Å²) in [5, 5.41) is 2.43. The van der Waals surface area contributed by atoms with E-state index in [2.05, 4.69) is 5.32 Å². The Labute approximate surface area is 130 Å². The lowest BCUT2D eigenvalue weighted by Crippen LogP contribution is -2.43. The first kappa shape index (κ1) is 16.7. The standard InChI is InChI=1S/C14H20N2O5S/c1-9-5-10(2)7-11(6-9)8-22(18,19)16-13(21-4)12(20-3)15-14(16)17/h5-7,12-13H,8H2,1-4H3,(H,15,17)/t12-,13-/m0/s1. The maximum absolute atomic E-state index is 12.6. The van der Waals surface area contributed by atoms with Crippen molar-refractivity contribution >= 4 is 16.1 Å². The molecule has 22 heavy (non-hydrogen) atoms. The third kappa shape index (κ3) is 3.23. The van der Waals surface area contributed by atoms with Gasteiger partial charge < -0.3 is 14.8 Å². The zero-order valence-corrected chi connectivity index (χ0v) is 13.8. The normalized spacial score (nSPS) is 22.0. The minimum atomic E-state index is -3.88. The number of nitrogens with zero attached hydrogens (tertiary/aromatic N) is 1. The zero-order chi connectivity index (χ0) is 16.5. The maximum atomic E-state index is 12.6. The number of carbonyl (C=O) groups excluding carboxylic acids is 1. The van der Waals surface area contributed by atoms with Gasteiger partial charge in [0.15, 0.2) is 12.5 Å². The average molecular weight is 328 g/mol. The van der Waals surface area contributed by atoms with Gasteiger partial charge in [-0.15, -0.1) is 0 Å². The van der Waals surface area contributed by atoms with Crippen LogP contribution in [0.25, 0.3) is 0 Å². The molecule has 8 heteroatoms. The van der Waals surface area contributed by atoms with Crippen molar-refractivity contribution in [2.75, 3.05) is 14.2 Å². The summed E-state index contributed by atoms with van der Waals surface area (Å²) in [5.74, 6) is -0.279. The highest BCUT2D eigenvalue weighted by Gasteiger charge is 2.46. The van der Waals surface area contributed by atoms with E-state index in [-0.39, 0.29) is 5.75 Å². The molecule has 0 aliphatic carbocycles. The fourth-order valence-electron chi connectivity index (χ4n) is 2.61. The molecule has 1 fully saturated rings. The molecule has 1 aromatic carbocycles. The van der Waals surface area contributed by atoms with Gasteiger partial charge in [-0.3, -0.25) is 0 Å². The molecule has 2 atom stereocenters. The molecule has 1 saturated heterocycles. The summed E-state index contributed by atoms with van der Waals surface area (Å²) in [5.41, 5.74) is 2.56. The van der Waals surface area contributed by atoms with Gasteiger partial charge in [-0.1, -0.05) is 29.3 Å². The Hall–Kier alpha value is -1.64. The van der Waals surface area contributed by atoms with Gasteiger partial charge in [0.2, 0.25) is 10.0 Å². The van der Waals surface area contributed by atoms with Crippen LogP contribution in [0.5, 0.6) is 0 Å². The van der Waals surface area contributed by atoms with Crippen LogP contribution < -0.4 is 5.32 Å². The van der Waals surface area contributed by atoms with Crippen LogP contribution in [0.2, 0.25) is 0 Å². The van der Waals surface area contributed by atoms with E-state index in [1.807, 2.05) is 19.9 Å². The number of nitrogens with one attached hydrogen (secondary N) is 1. The zero-order valence-electron chi connectivity index (χ0n) is 13.0. The lowest BCUT2D eigenvalue weighted by Gasteiger charge is -2.23. The van der Waals surface area contributed by atoms with E-state index in [0.717, 1.165) is 11.1 Å². The molecule has 0 radical (unpaired) electrons. The molecular weight excluding hydrogens is 308 g/mol. The van der Waals surface area contributed by atoms with Gasteiger partial charge in [0.1, 0.15) is 0 Å². The van der Waals surface area contributed by atoms with Crippen LogP contribution in [0.1, 0.15) is 16.7 Å². The summed E-state index contributed by atoms with van der Waals surface area (Å²) < 4.78 is 36.0. The van der Waals surface area contributed by atoms with Gasteiger partial charge in [0.25, 0.3) is 0 Å². The molecule has 0 spiro atoms. The SMILES string of the molecule is CO[C@@H]1NC(=O)N(S(=O)(=O)Cc2cc(C)cc(C)c2)[C@H]1OC. The minimum absolute atomic E-state index is 0.279. The summed E-state index contributed by atoms with van der Waals surface area (Å²) in [6.45, 7) is 3.79. The van der Waals surface area contributed by atoms with Crippen molar-refractivity contribution in [2.45, 2.75) is 32.1 Å². The number of amides is 2. The van der Waals surface area contributed by atoms with Crippen LogP contribution in [0.4, 0.5) is 4.79 Å². The molecule has 0 aromatic heterocycles. The summed E-state index contributed by atoms with van der Waals surface area (Å²) in [4.78, 5) is 12.0. The molecule has 1 aliphatic heterocycles. The smallest absolute Gasteiger partial charge is 0.335 e. The summed E-state index contributed by atoms with van der Waals surface area (Å²) in [6.07, 6.45) is -1.85. The largest absolute Gasteiger partial charge is 0.357 e. The van der Waals surface area contributed by atoms with Gasteiger partial charge in [0, 0.05) is 14.2 Å². The van der Waals surface area contributed by atoms with Crippen LogP contribution >= 0.6 is 0 Å². The Bertz CT molecular complexity index is 654. The van der Waals surface area contributed by atoms with E-state index in [1.54, 1.807) is 12.1 Å². The Morgan fingerprint density at radius 3 is 2.23 bits per heavy atom. The van der Waals surface area contributed by atoms with Crippen molar-refractivity contribution in [1.29, 1.82) is 0 Å². The summed E-state index contributed by atoms with van der Waals surface area (Å²) in [7, 11) is -1.18. The van der Waals surface area contributed by atoms with E-state index < -0.39 is 28.5 Å². The van der Waals surface area contributed by atoms with E-state index in [1.165, 1.54) is 14.2 Å². The van der Waals surface area contributed by atoms with Crippen LogP contribution in [0, 0.1) is 13.8 Å². The number of ether oxygens (including phenoxy) is 2. The fraction of sp³-hybridized carbons (Fsp3) is 0.500. The van der Waals surface area contributed by atoms with Crippen molar-refractivity contribution in [1.82, 2.24) is 9.62 Å². The van der Waals surface area contributed by atoms with E-state index in [0.29, 0.717) is 9.87 Å². The number of sulfonamides is 1. The second-order valence-electron chi connectivity index (χ2n) is 5.28. The van der Waals surface area contributed by atoms with Crippen molar-refractivity contribution in [3.05, 3.63) is 34.9 Å². The third-order valence-electron chi connectivity index (χ3n) is 3.38. The van der Waals surface area contributed by atoms with Crippen molar-refractivity contribution in [3.8, 4) is 0 Å². The lowest BCUT2D eigenvalue weighted by atomic mass is 10.1. The number of hydrogen-bond acceptors (Lipinski definition) is 5. The Balaban J connectivity index is 2.31.